The lowest BCUT2D eigenvalue weighted by molar-refractivity contribution is 0.346. The van der Waals surface area contributed by atoms with Crippen molar-refractivity contribution in [2.24, 2.45) is 5.92 Å². The maximum atomic E-state index is 13.7. The van der Waals surface area contributed by atoms with Crippen molar-refractivity contribution in [3.8, 4) is 11.4 Å². The Balaban J connectivity index is 1.71. The number of benzene rings is 1. The minimum absolute atomic E-state index is 0.326. The molecule has 2 aromatic rings. The third-order valence-corrected chi connectivity index (χ3v) is 3.82. The van der Waals surface area contributed by atoms with Crippen LogP contribution in [0.4, 0.5) is 4.39 Å². The van der Waals surface area contributed by atoms with Gasteiger partial charge in [-0.2, -0.15) is 4.98 Å². The van der Waals surface area contributed by atoms with E-state index in [9.17, 15) is 4.39 Å². The summed E-state index contributed by atoms with van der Waals surface area (Å²) in [6.07, 6.45) is 4.34. The minimum atomic E-state index is -0.326. The van der Waals surface area contributed by atoms with Crippen LogP contribution in [0.15, 0.2) is 28.8 Å². The van der Waals surface area contributed by atoms with E-state index >= 15 is 0 Å². The Morgan fingerprint density at radius 3 is 2.90 bits per heavy atom. The lowest BCUT2D eigenvalue weighted by Crippen LogP contribution is -2.33. The molecule has 1 N–H and O–H groups in total. The molecule has 1 aromatic heterocycles. The normalized spacial score (nSPS) is 16.1. The van der Waals surface area contributed by atoms with Crippen molar-refractivity contribution in [3.05, 3.63) is 36.0 Å². The minimum Gasteiger partial charge on any atom is -0.339 e. The van der Waals surface area contributed by atoms with Gasteiger partial charge in [0, 0.05) is 12.5 Å². The number of hydrogen-bond donors (Lipinski definition) is 1. The third kappa shape index (κ3) is 3.47. The fourth-order valence-electron chi connectivity index (χ4n) is 2.51. The van der Waals surface area contributed by atoms with Crippen LogP contribution in [0.25, 0.3) is 11.4 Å². The summed E-state index contributed by atoms with van der Waals surface area (Å²) in [6, 6.07) is 6.87. The molecule has 0 spiro atoms. The molecule has 1 aliphatic rings. The number of nitrogens with zero attached hydrogens (tertiary/aromatic N) is 2. The summed E-state index contributed by atoms with van der Waals surface area (Å²) in [5.41, 5.74) is 0.386. The molecule has 112 valence electrons. The van der Waals surface area contributed by atoms with Gasteiger partial charge in [-0.3, -0.25) is 0 Å². The highest BCUT2D eigenvalue weighted by molar-refractivity contribution is 5.54. The highest BCUT2D eigenvalue weighted by Crippen LogP contribution is 2.34. The van der Waals surface area contributed by atoms with Gasteiger partial charge in [-0.15, -0.1) is 0 Å². The predicted molar refractivity (Wildman–Crippen MR) is 78.2 cm³/mol. The highest BCUT2D eigenvalue weighted by atomic mass is 19.1. The van der Waals surface area contributed by atoms with Gasteiger partial charge >= 0.3 is 0 Å². The molecule has 1 unspecified atom stereocenters. The molecule has 1 heterocycles. The molecule has 0 amide bonds. The number of hydrogen-bond acceptors (Lipinski definition) is 4. The van der Waals surface area contributed by atoms with E-state index in [0.29, 0.717) is 35.7 Å². The lowest BCUT2D eigenvalue weighted by Gasteiger charge is -2.15. The Bertz CT molecular complexity index is 595. The van der Waals surface area contributed by atoms with Gasteiger partial charge in [-0.25, -0.2) is 4.39 Å². The first-order valence-electron chi connectivity index (χ1n) is 7.58. The lowest BCUT2D eigenvalue weighted by atomic mass is 10.1. The standard InChI is InChI=1S/C16H20FN3O/c1-2-9-18-14(11-7-8-11)10-15-19-16(20-21-15)12-5-3-4-6-13(12)17/h3-6,11,14,18H,2,7-10H2,1H3. The molecule has 1 atom stereocenters. The molecule has 3 rings (SSSR count). The SMILES string of the molecule is CCCNC(Cc1nc(-c2ccccc2F)no1)C1CC1. The first-order chi connectivity index (χ1) is 10.3. The van der Waals surface area contributed by atoms with Crippen LogP contribution in [0.2, 0.25) is 0 Å². The van der Waals surface area contributed by atoms with Crippen LogP contribution in [-0.2, 0) is 6.42 Å². The second-order valence-electron chi connectivity index (χ2n) is 5.59. The average molecular weight is 289 g/mol. The zero-order valence-electron chi connectivity index (χ0n) is 12.2. The Morgan fingerprint density at radius 1 is 1.38 bits per heavy atom. The van der Waals surface area contributed by atoms with Gasteiger partial charge in [0.2, 0.25) is 11.7 Å². The third-order valence-electron chi connectivity index (χ3n) is 3.82. The summed E-state index contributed by atoms with van der Waals surface area (Å²) in [5, 5.41) is 7.44. The van der Waals surface area contributed by atoms with Crippen molar-refractivity contribution in [2.45, 2.75) is 38.6 Å². The van der Waals surface area contributed by atoms with Gasteiger partial charge in [-0.1, -0.05) is 24.2 Å². The summed E-state index contributed by atoms with van der Waals surface area (Å²) < 4.78 is 19.0. The van der Waals surface area contributed by atoms with E-state index in [1.807, 2.05) is 0 Å². The number of nitrogens with one attached hydrogen (secondary N) is 1. The van der Waals surface area contributed by atoms with E-state index in [4.69, 9.17) is 4.52 Å². The second-order valence-corrected chi connectivity index (χ2v) is 5.59. The molecule has 21 heavy (non-hydrogen) atoms. The van der Waals surface area contributed by atoms with E-state index in [1.54, 1.807) is 18.2 Å². The van der Waals surface area contributed by atoms with Gasteiger partial charge in [0.15, 0.2) is 0 Å². The topological polar surface area (TPSA) is 51.0 Å². The van der Waals surface area contributed by atoms with Gasteiger partial charge in [0.1, 0.15) is 5.82 Å². The summed E-state index contributed by atoms with van der Waals surface area (Å²) in [7, 11) is 0. The number of aromatic nitrogens is 2. The van der Waals surface area contributed by atoms with Crippen LogP contribution in [-0.4, -0.2) is 22.7 Å². The molecule has 0 bridgehead atoms. The van der Waals surface area contributed by atoms with Crippen molar-refractivity contribution in [1.82, 2.24) is 15.5 Å². The predicted octanol–water partition coefficient (Wildman–Crippen LogP) is 3.20. The zero-order valence-corrected chi connectivity index (χ0v) is 12.2. The highest BCUT2D eigenvalue weighted by Gasteiger charge is 2.32. The van der Waals surface area contributed by atoms with Crippen molar-refractivity contribution in [3.63, 3.8) is 0 Å². The Kier molecular flexibility index (Phi) is 4.29. The van der Waals surface area contributed by atoms with Gasteiger partial charge in [0.25, 0.3) is 0 Å². The van der Waals surface area contributed by atoms with Crippen molar-refractivity contribution in [1.29, 1.82) is 0 Å². The van der Waals surface area contributed by atoms with E-state index in [-0.39, 0.29) is 5.82 Å². The molecule has 1 aromatic carbocycles. The number of rotatable bonds is 7. The molecule has 0 radical (unpaired) electrons. The molecule has 1 fully saturated rings. The maximum Gasteiger partial charge on any atom is 0.228 e. The van der Waals surface area contributed by atoms with Crippen LogP contribution in [0.5, 0.6) is 0 Å². The fourth-order valence-corrected chi connectivity index (χ4v) is 2.51. The molecule has 4 nitrogen and oxygen atoms in total. The monoisotopic (exact) mass is 289 g/mol. The first kappa shape index (κ1) is 14.2. The quantitative estimate of drug-likeness (QED) is 0.850. The second kappa shape index (κ2) is 6.35. The smallest absolute Gasteiger partial charge is 0.228 e. The largest absolute Gasteiger partial charge is 0.339 e. The Hall–Kier alpha value is -1.75. The molecule has 0 aliphatic heterocycles. The van der Waals surface area contributed by atoms with Crippen LogP contribution in [0.1, 0.15) is 32.1 Å². The van der Waals surface area contributed by atoms with E-state index in [1.165, 1.54) is 18.9 Å². The Morgan fingerprint density at radius 2 is 2.19 bits per heavy atom. The van der Waals surface area contributed by atoms with Crippen LogP contribution in [0.3, 0.4) is 0 Å². The zero-order chi connectivity index (χ0) is 14.7. The first-order valence-corrected chi connectivity index (χ1v) is 7.58. The fraction of sp³-hybridized carbons (Fsp3) is 0.500. The summed E-state index contributed by atoms with van der Waals surface area (Å²) in [6.45, 7) is 3.15. The van der Waals surface area contributed by atoms with Gasteiger partial charge in [0.05, 0.1) is 5.56 Å². The summed E-state index contributed by atoms with van der Waals surface area (Å²) >= 11 is 0. The van der Waals surface area contributed by atoms with Crippen molar-refractivity contribution in [2.75, 3.05) is 6.54 Å². The molecular formula is C16H20FN3O. The van der Waals surface area contributed by atoms with Crippen LogP contribution in [0, 0.1) is 11.7 Å². The molecule has 0 saturated heterocycles. The van der Waals surface area contributed by atoms with Gasteiger partial charge in [-0.05, 0) is 43.9 Å². The van der Waals surface area contributed by atoms with Crippen molar-refractivity contribution >= 4 is 0 Å². The van der Waals surface area contributed by atoms with E-state index in [2.05, 4.69) is 22.4 Å². The molecule has 1 aliphatic carbocycles. The summed E-state index contributed by atoms with van der Waals surface area (Å²) in [5.74, 6) is 1.29. The van der Waals surface area contributed by atoms with E-state index in [0.717, 1.165) is 13.0 Å². The van der Waals surface area contributed by atoms with Crippen LogP contribution < -0.4 is 5.32 Å². The van der Waals surface area contributed by atoms with Crippen LogP contribution >= 0.6 is 0 Å². The van der Waals surface area contributed by atoms with E-state index < -0.39 is 0 Å². The molecule has 1 saturated carbocycles. The molecular weight excluding hydrogens is 269 g/mol. The van der Waals surface area contributed by atoms with Gasteiger partial charge < -0.3 is 9.84 Å². The summed E-state index contributed by atoms with van der Waals surface area (Å²) in [4.78, 5) is 4.34. The molecule has 5 heteroatoms. The van der Waals surface area contributed by atoms with Crippen molar-refractivity contribution < 1.29 is 8.91 Å². The number of halogens is 1. The average Bonchev–Trinajstić information content (AvgIpc) is 3.24. The Labute approximate surface area is 123 Å². The maximum absolute atomic E-state index is 13.7.